The van der Waals surface area contributed by atoms with Crippen LogP contribution in [-0.2, 0) is 22.9 Å². The fourth-order valence-corrected chi connectivity index (χ4v) is 3.08. The fraction of sp³-hybridized carbons (Fsp3) is 0.571. The van der Waals surface area contributed by atoms with Gasteiger partial charge in [-0.25, -0.2) is 13.1 Å². The number of hydrogen-bond donors (Lipinski definition) is 2. The summed E-state index contributed by atoms with van der Waals surface area (Å²) in [5.41, 5.74) is 7.51. The van der Waals surface area contributed by atoms with Gasteiger partial charge in [0, 0.05) is 12.1 Å². The number of benzene rings is 1. The van der Waals surface area contributed by atoms with E-state index in [9.17, 15) is 8.42 Å². The molecule has 3 N–H and O–H groups in total. The fourth-order valence-electron chi connectivity index (χ4n) is 1.81. The van der Waals surface area contributed by atoms with Crippen molar-refractivity contribution in [2.75, 3.05) is 6.54 Å². The lowest BCUT2D eigenvalue weighted by Gasteiger charge is -2.19. The van der Waals surface area contributed by atoms with Crippen molar-refractivity contribution in [1.82, 2.24) is 4.72 Å². The molecule has 1 aromatic carbocycles. The lowest BCUT2D eigenvalue weighted by molar-refractivity contribution is 0.498. The number of nitrogens with two attached hydrogens (primary N) is 1. The molecule has 108 valence electrons. The summed E-state index contributed by atoms with van der Waals surface area (Å²) < 4.78 is 26.9. The number of hydrogen-bond acceptors (Lipinski definition) is 3. The summed E-state index contributed by atoms with van der Waals surface area (Å²) in [6.07, 6.45) is 1.74. The summed E-state index contributed by atoms with van der Waals surface area (Å²) in [7, 11) is -3.48. The molecule has 0 atom stereocenters. The van der Waals surface area contributed by atoms with Crippen molar-refractivity contribution in [1.29, 1.82) is 0 Å². The molecule has 0 aliphatic heterocycles. The quantitative estimate of drug-likeness (QED) is 0.837. The molecule has 1 aromatic rings. The van der Waals surface area contributed by atoms with Gasteiger partial charge in [-0.3, -0.25) is 0 Å². The molecule has 0 aromatic heterocycles. The molecular formula is C14H24N2O2S. The van der Waals surface area contributed by atoms with Crippen LogP contribution in [-0.4, -0.2) is 20.5 Å². The van der Waals surface area contributed by atoms with Crippen molar-refractivity contribution in [3.63, 3.8) is 0 Å². The van der Waals surface area contributed by atoms with E-state index in [1.165, 1.54) is 5.56 Å². The van der Waals surface area contributed by atoms with E-state index in [1.807, 2.05) is 13.0 Å². The maximum Gasteiger partial charge on any atom is 0.240 e. The molecule has 0 spiro atoms. The minimum atomic E-state index is -3.48. The molecule has 0 unspecified atom stereocenters. The van der Waals surface area contributed by atoms with Crippen LogP contribution in [0, 0.1) is 0 Å². The molecular weight excluding hydrogens is 260 g/mol. The minimum Gasteiger partial charge on any atom is -0.324 e. The molecule has 0 radical (unpaired) electrons. The SMILES string of the molecule is CCc1ccc(S(=O)(=O)NCC(C)(C)N)cc1CC. The van der Waals surface area contributed by atoms with Crippen LogP contribution in [0.4, 0.5) is 0 Å². The van der Waals surface area contributed by atoms with E-state index in [-0.39, 0.29) is 6.54 Å². The molecule has 0 saturated carbocycles. The highest BCUT2D eigenvalue weighted by Gasteiger charge is 2.19. The number of rotatable bonds is 6. The first-order chi connectivity index (χ1) is 8.69. The van der Waals surface area contributed by atoms with E-state index in [1.54, 1.807) is 26.0 Å². The Balaban J connectivity index is 3.02. The van der Waals surface area contributed by atoms with Crippen molar-refractivity contribution in [2.45, 2.75) is 51.0 Å². The second-order valence-corrected chi connectivity index (χ2v) is 7.22. The molecule has 0 aliphatic carbocycles. The van der Waals surface area contributed by atoms with Gasteiger partial charge in [0.05, 0.1) is 4.90 Å². The average Bonchev–Trinajstić information content (AvgIpc) is 2.35. The predicted molar refractivity (Wildman–Crippen MR) is 78.7 cm³/mol. The van der Waals surface area contributed by atoms with Gasteiger partial charge in [0.2, 0.25) is 10.0 Å². The van der Waals surface area contributed by atoms with Crippen LogP contribution in [0.5, 0.6) is 0 Å². The van der Waals surface area contributed by atoms with Crippen molar-refractivity contribution >= 4 is 10.0 Å². The molecule has 0 bridgehead atoms. The summed E-state index contributed by atoms with van der Waals surface area (Å²) >= 11 is 0. The van der Waals surface area contributed by atoms with Gasteiger partial charge in [0.25, 0.3) is 0 Å². The lowest BCUT2D eigenvalue weighted by atomic mass is 10.0. The first-order valence-electron chi connectivity index (χ1n) is 6.60. The third-order valence-corrected chi connectivity index (χ3v) is 4.37. The molecule has 0 fully saturated rings. The number of sulfonamides is 1. The van der Waals surface area contributed by atoms with Crippen molar-refractivity contribution in [3.8, 4) is 0 Å². The van der Waals surface area contributed by atoms with Crippen molar-refractivity contribution in [2.24, 2.45) is 5.73 Å². The predicted octanol–water partition coefficient (Wildman–Crippen LogP) is 1.83. The Hall–Kier alpha value is -0.910. The molecule has 4 nitrogen and oxygen atoms in total. The highest BCUT2D eigenvalue weighted by molar-refractivity contribution is 7.89. The maximum absolute atomic E-state index is 12.2. The first-order valence-corrected chi connectivity index (χ1v) is 8.08. The Morgan fingerprint density at radius 3 is 2.21 bits per heavy atom. The summed E-state index contributed by atoms with van der Waals surface area (Å²) in [5.74, 6) is 0. The standard InChI is InChI=1S/C14H24N2O2S/c1-5-11-7-8-13(9-12(11)6-2)19(17,18)16-10-14(3,4)15/h7-9,16H,5-6,10,15H2,1-4H3. The summed E-state index contributed by atoms with van der Waals surface area (Å²) in [6, 6.07) is 5.30. The van der Waals surface area contributed by atoms with Crippen LogP contribution in [0.25, 0.3) is 0 Å². The second kappa shape index (κ2) is 6.03. The lowest BCUT2D eigenvalue weighted by Crippen LogP contribution is -2.45. The van der Waals surface area contributed by atoms with Crippen LogP contribution in [0.1, 0.15) is 38.8 Å². The highest BCUT2D eigenvalue weighted by atomic mass is 32.2. The van der Waals surface area contributed by atoms with Gasteiger partial charge in [-0.1, -0.05) is 19.9 Å². The Bertz CT molecular complexity index is 531. The van der Waals surface area contributed by atoms with Gasteiger partial charge in [0.15, 0.2) is 0 Å². The maximum atomic E-state index is 12.2. The summed E-state index contributed by atoms with van der Waals surface area (Å²) in [5, 5.41) is 0. The largest absolute Gasteiger partial charge is 0.324 e. The number of aryl methyl sites for hydroxylation is 2. The van der Waals surface area contributed by atoms with E-state index in [2.05, 4.69) is 11.6 Å². The van der Waals surface area contributed by atoms with Crippen molar-refractivity contribution < 1.29 is 8.42 Å². The number of nitrogens with one attached hydrogen (secondary N) is 1. The average molecular weight is 284 g/mol. The molecule has 5 heteroatoms. The van der Waals surface area contributed by atoms with Crippen LogP contribution >= 0.6 is 0 Å². The molecule has 0 saturated heterocycles. The topological polar surface area (TPSA) is 72.2 Å². The Morgan fingerprint density at radius 2 is 1.74 bits per heavy atom. The highest BCUT2D eigenvalue weighted by Crippen LogP contribution is 2.17. The normalized spacial score (nSPS) is 12.7. The third-order valence-electron chi connectivity index (χ3n) is 2.97. The molecule has 19 heavy (non-hydrogen) atoms. The first kappa shape index (κ1) is 16.1. The van der Waals surface area contributed by atoms with Gasteiger partial charge < -0.3 is 5.73 Å². The van der Waals surface area contributed by atoms with Gasteiger partial charge in [-0.15, -0.1) is 0 Å². The van der Waals surface area contributed by atoms with E-state index < -0.39 is 15.6 Å². The Morgan fingerprint density at radius 1 is 1.16 bits per heavy atom. The van der Waals surface area contributed by atoms with Gasteiger partial charge >= 0.3 is 0 Å². The van der Waals surface area contributed by atoms with E-state index in [0.29, 0.717) is 4.90 Å². The molecule has 0 aliphatic rings. The van der Waals surface area contributed by atoms with Gasteiger partial charge in [-0.05, 0) is 49.9 Å². The molecule has 0 heterocycles. The van der Waals surface area contributed by atoms with Gasteiger partial charge in [-0.2, -0.15) is 0 Å². The van der Waals surface area contributed by atoms with E-state index in [0.717, 1.165) is 18.4 Å². The zero-order valence-electron chi connectivity index (χ0n) is 12.2. The second-order valence-electron chi connectivity index (χ2n) is 5.45. The zero-order valence-corrected chi connectivity index (χ0v) is 13.0. The van der Waals surface area contributed by atoms with Crippen LogP contribution in [0.3, 0.4) is 0 Å². The zero-order chi connectivity index (χ0) is 14.7. The smallest absolute Gasteiger partial charge is 0.240 e. The minimum absolute atomic E-state index is 0.215. The van der Waals surface area contributed by atoms with Crippen LogP contribution in [0.2, 0.25) is 0 Å². The third kappa shape index (κ3) is 4.60. The Labute approximate surface area is 116 Å². The van der Waals surface area contributed by atoms with Crippen LogP contribution < -0.4 is 10.5 Å². The van der Waals surface area contributed by atoms with E-state index in [4.69, 9.17) is 5.73 Å². The van der Waals surface area contributed by atoms with Crippen LogP contribution in [0.15, 0.2) is 23.1 Å². The van der Waals surface area contributed by atoms with Gasteiger partial charge in [0.1, 0.15) is 0 Å². The molecule has 1 rings (SSSR count). The monoisotopic (exact) mass is 284 g/mol. The van der Waals surface area contributed by atoms with Crippen molar-refractivity contribution in [3.05, 3.63) is 29.3 Å². The van der Waals surface area contributed by atoms with E-state index >= 15 is 0 Å². The summed E-state index contributed by atoms with van der Waals surface area (Å²) in [4.78, 5) is 0.311. The molecule has 0 amide bonds. The summed E-state index contributed by atoms with van der Waals surface area (Å²) in [6.45, 7) is 7.88. The Kier molecular flexibility index (Phi) is 5.12.